The lowest BCUT2D eigenvalue weighted by molar-refractivity contribution is -0.901. The molecular weight excluding hydrogens is 242 g/mol. The molecule has 1 aromatic rings. The molecule has 2 atom stereocenters. The van der Waals surface area contributed by atoms with Gasteiger partial charge in [0, 0.05) is 11.5 Å². The number of piperidine rings is 1. The molecule has 1 saturated heterocycles. The number of halogens is 1. The molecule has 1 aromatic carbocycles. The molecule has 1 heterocycles. The van der Waals surface area contributed by atoms with Crippen molar-refractivity contribution >= 4 is 0 Å². The topological polar surface area (TPSA) is 4.44 Å². The average molecular weight is 264 g/mol. The zero-order valence-corrected chi connectivity index (χ0v) is 12.1. The minimum absolute atomic E-state index is 0. The van der Waals surface area contributed by atoms with Crippen LogP contribution >= 0.6 is 0 Å². The Kier molecular flexibility index (Phi) is 6.25. The van der Waals surface area contributed by atoms with E-state index in [0.29, 0.717) is 0 Å². The third kappa shape index (κ3) is 4.72. The second kappa shape index (κ2) is 7.46. The highest BCUT2D eigenvalue weighted by atomic mass is 35.5. The molecule has 1 nitrogen and oxygen atoms in total. The first-order valence-corrected chi connectivity index (χ1v) is 6.63. The summed E-state index contributed by atoms with van der Waals surface area (Å²) in [7, 11) is 0. The fourth-order valence-electron chi connectivity index (χ4n) is 2.47. The second-order valence-electron chi connectivity index (χ2n) is 5.30. The van der Waals surface area contributed by atoms with Gasteiger partial charge in [-0.1, -0.05) is 30.5 Å². The number of likely N-dealkylation sites (tertiary alicyclic amines) is 1. The van der Waals surface area contributed by atoms with Gasteiger partial charge in [0.15, 0.2) is 0 Å². The van der Waals surface area contributed by atoms with Crippen LogP contribution in [0.3, 0.4) is 0 Å². The van der Waals surface area contributed by atoms with Gasteiger partial charge >= 0.3 is 0 Å². The Morgan fingerprint density at radius 3 is 2.67 bits per heavy atom. The summed E-state index contributed by atoms with van der Waals surface area (Å²) < 4.78 is 0. The molecule has 1 aliphatic heterocycles. The average Bonchev–Trinajstić information content (AvgIpc) is 2.32. The molecule has 0 aliphatic carbocycles. The van der Waals surface area contributed by atoms with Gasteiger partial charge in [-0.2, -0.15) is 0 Å². The molecule has 2 unspecified atom stereocenters. The molecule has 0 amide bonds. The van der Waals surface area contributed by atoms with Gasteiger partial charge in [-0.15, -0.1) is 0 Å². The molecule has 1 fully saturated rings. The summed E-state index contributed by atoms with van der Waals surface area (Å²) in [5.41, 5.74) is 2.44. The Morgan fingerprint density at radius 1 is 1.28 bits per heavy atom. The van der Waals surface area contributed by atoms with Crippen molar-refractivity contribution in [2.24, 2.45) is 5.92 Å². The molecule has 98 valence electrons. The van der Waals surface area contributed by atoms with E-state index in [1.165, 1.54) is 31.5 Å². The summed E-state index contributed by atoms with van der Waals surface area (Å²) >= 11 is 0. The fraction of sp³-hybridized carbons (Fsp3) is 0.500. The van der Waals surface area contributed by atoms with Gasteiger partial charge in [0.2, 0.25) is 0 Å². The van der Waals surface area contributed by atoms with Crippen molar-refractivity contribution in [2.45, 2.75) is 26.7 Å². The molecule has 0 bridgehead atoms. The quantitative estimate of drug-likeness (QED) is 0.599. The Morgan fingerprint density at radius 2 is 2.00 bits per heavy atom. The molecule has 2 rings (SSSR count). The molecular formula is C16H22ClN. The number of rotatable bonds is 1. The molecule has 1 N–H and O–H groups in total. The second-order valence-corrected chi connectivity index (χ2v) is 5.30. The highest BCUT2D eigenvalue weighted by Gasteiger charge is 2.17. The third-order valence-corrected chi connectivity index (χ3v) is 3.49. The Hall–Kier alpha value is -0.970. The van der Waals surface area contributed by atoms with Crippen LogP contribution in [-0.4, -0.2) is 19.6 Å². The number of nitrogens with one attached hydrogen (secondary N) is 1. The molecule has 0 radical (unpaired) electrons. The maximum absolute atomic E-state index is 3.32. The van der Waals surface area contributed by atoms with Gasteiger partial charge in [-0.05, 0) is 37.8 Å². The van der Waals surface area contributed by atoms with E-state index >= 15 is 0 Å². The third-order valence-electron chi connectivity index (χ3n) is 3.49. The summed E-state index contributed by atoms with van der Waals surface area (Å²) in [4.78, 5) is 1.66. The largest absolute Gasteiger partial charge is 1.00 e. The molecule has 1 aliphatic rings. The summed E-state index contributed by atoms with van der Waals surface area (Å²) in [5, 5.41) is 0. The van der Waals surface area contributed by atoms with E-state index in [-0.39, 0.29) is 12.4 Å². The van der Waals surface area contributed by atoms with Crippen molar-refractivity contribution in [1.82, 2.24) is 0 Å². The van der Waals surface area contributed by atoms with Crippen LogP contribution in [0, 0.1) is 24.7 Å². The van der Waals surface area contributed by atoms with Gasteiger partial charge in [0.05, 0.1) is 13.1 Å². The lowest BCUT2D eigenvalue weighted by atomic mass is 10.0. The maximum atomic E-state index is 3.32. The predicted octanol–water partition coefficient (Wildman–Crippen LogP) is -1.33. The Bertz CT molecular complexity index is 413. The van der Waals surface area contributed by atoms with E-state index in [9.17, 15) is 0 Å². The van der Waals surface area contributed by atoms with Crippen molar-refractivity contribution in [3.63, 3.8) is 0 Å². The SMILES string of the molecule is Cc1ccc(C#CC[NH+]2CCCC(C)C2)cc1.[Cl-]. The number of hydrogen-bond acceptors (Lipinski definition) is 0. The number of benzene rings is 1. The fourth-order valence-corrected chi connectivity index (χ4v) is 2.47. The molecule has 0 aromatic heterocycles. The van der Waals surface area contributed by atoms with Gasteiger partial charge < -0.3 is 17.3 Å². The number of quaternary nitrogens is 1. The lowest BCUT2D eigenvalue weighted by Crippen LogP contribution is -3.13. The standard InChI is InChI=1S/C16H21N.ClH/c1-14-7-9-16(10-8-14)6-4-12-17-11-3-5-15(2)13-17;/h7-10,15H,3,5,11-13H2,1-2H3;1H. The van der Waals surface area contributed by atoms with Crippen molar-refractivity contribution in [1.29, 1.82) is 0 Å². The van der Waals surface area contributed by atoms with E-state index in [1.54, 1.807) is 4.90 Å². The van der Waals surface area contributed by atoms with Crippen LogP contribution in [0.15, 0.2) is 24.3 Å². The van der Waals surface area contributed by atoms with Crippen molar-refractivity contribution in [3.05, 3.63) is 35.4 Å². The molecule has 18 heavy (non-hydrogen) atoms. The van der Waals surface area contributed by atoms with Crippen molar-refractivity contribution in [2.75, 3.05) is 19.6 Å². The van der Waals surface area contributed by atoms with Gasteiger partial charge in [-0.25, -0.2) is 0 Å². The number of aryl methyl sites for hydroxylation is 1. The van der Waals surface area contributed by atoms with Crippen LogP contribution < -0.4 is 17.3 Å². The van der Waals surface area contributed by atoms with Gasteiger partial charge in [-0.3, -0.25) is 0 Å². The zero-order valence-electron chi connectivity index (χ0n) is 11.3. The van der Waals surface area contributed by atoms with Crippen LogP contribution in [0.5, 0.6) is 0 Å². The van der Waals surface area contributed by atoms with Crippen LogP contribution in [0.2, 0.25) is 0 Å². The number of hydrogen-bond donors (Lipinski definition) is 1. The summed E-state index contributed by atoms with van der Waals surface area (Å²) in [6, 6.07) is 8.46. The molecule has 0 spiro atoms. The van der Waals surface area contributed by atoms with Crippen LogP contribution in [0.4, 0.5) is 0 Å². The monoisotopic (exact) mass is 263 g/mol. The van der Waals surface area contributed by atoms with Crippen LogP contribution in [0.25, 0.3) is 0 Å². The Balaban J connectivity index is 0.00000162. The van der Waals surface area contributed by atoms with Crippen LogP contribution in [0.1, 0.15) is 30.9 Å². The van der Waals surface area contributed by atoms with E-state index in [2.05, 4.69) is 50.0 Å². The zero-order chi connectivity index (χ0) is 12.1. The highest BCUT2D eigenvalue weighted by molar-refractivity contribution is 5.35. The first kappa shape index (κ1) is 15.1. The normalized spacial score (nSPS) is 22.6. The smallest absolute Gasteiger partial charge is 0.139 e. The Labute approximate surface area is 117 Å². The first-order valence-electron chi connectivity index (χ1n) is 6.63. The van der Waals surface area contributed by atoms with E-state index < -0.39 is 0 Å². The van der Waals surface area contributed by atoms with E-state index in [1.807, 2.05) is 0 Å². The summed E-state index contributed by atoms with van der Waals surface area (Å²) in [5.74, 6) is 7.46. The first-order chi connectivity index (χ1) is 8.24. The minimum Gasteiger partial charge on any atom is -1.00 e. The molecule has 0 saturated carbocycles. The molecule has 2 heteroatoms. The lowest BCUT2D eigenvalue weighted by Gasteiger charge is -2.26. The summed E-state index contributed by atoms with van der Waals surface area (Å²) in [6.07, 6.45) is 2.76. The van der Waals surface area contributed by atoms with E-state index in [4.69, 9.17) is 0 Å². The van der Waals surface area contributed by atoms with Gasteiger partial charge in [0.25, 0.3) is 0 Å². The van der Waals surface area contributed by atoms with Crippen molar-refractivity contribution in [3.8, 4) is 11.8 Å². The van der Waals surface area contributed by atoms with Crippen LogP contribution in [-0.2, 0) is 0 Å². The predicted molar refractivity (Wildman–Crippen MR) is 72.0 cm³/mol. The van der Waals surface area contributed by atoms with E-state index in [0.717, 1.165) is 18.0 Å². The summed E-state index contributed by atoms with van der Waals surface area (Å²) in [6.45, 7) is 8.05. The van der Waals surface area contributed by atoms with Gasteiger partial charge in [0.1, 0.15) is 6.54 Å². The highest BCUT2D eigenvalue weighted by Crippen LogP contribution is 2.04. The minimum atomic E-state index is 0. The van der Waals surface area contributed by atoms with Crippen molar-refractivity contribution < 1.29 is 17.3 Å². The maximum Gasteiger partial charge on any atom is 0.139 e.